The van der Waals surface area contributed by atoms with E-state index in [1.165, 1.54) is 13.2 Å². The Morgan fingerprint density at radius 1 is 1.39 bits per heavy atom. The van der Waals surface area contributed by atoms with E-state index in [4.69, 9.17) is 0 Å². The SMILES string of the molecule is COC(=O)c1sccc1S(=O)(=O)NCCn1ccn2nccc12. The lowest BCUT2D eigenvalue weighted by molar-refractivity contribution is 0.0602. The number of aromatic nitrogens is 3. The number of nitrogens with zero attached hydrogens (tertiary/aromatic N) is 3. The third-order valence-corrected chi connectivity index (χ3v) is 5.79. The van der Waals surface area contributed by atoms with Gasteiger partial charge in [0.2, 0.25) is 10.0 Å². The molecule has 0 unspecified atom stereocenters. The first-order valence-corrected chi connectivity index (χ1v) is 9.03. The van der Waals surface area contributed by atoms with E-state index in [9.17, 15) is 13.2 Å². The normalized spacial score (nSPS) is 11.9. The molecule has 0 saturated heterocycles. The van der Waals surface area contributed by atoms with Crippen LogP contribution in [0.25, 0.3) is 5.65 Å². The number of methoxy groups -OCH3 is 1. The van der Waals surface area contributed by atoms with E-state index in [-0.39, 0.29) is 16.3 Å². The van der Waals surface area contributed by atoms with Crippen LogP contribution in [-0.2, 0) is 21.3 Å². The number of hydrogen-bond acceptors (Lipinski definition) is 6. The van der Waals surface area contributed by atoms with Crippen molar-refractivity contribution in [3.8, 4) is 0 Å². The van der Waals surface area contributed by atoms with Crippen molar-refractivity contribution < 1.29 is 17.9 Å². The average molecular weight is 354 g/mol. The monoisotopic (exact) mass is 354 g/mol. The Bertz CT molecular complexity index is 938. The fraction of sp³-hybridized carbons (Fsp3) is 0.231. The van der Waals surface area contributed by atoms with E-state index in [1.54, 1.807) is 22.3 Å². The molecule has 10 heteroatoms. The number of sulfonamides is 1. The van der Waals surface area contributed by atoms with Crippen LogP contribution >= 0.6 is 11.3 Å². The summed E-state index contributed by atoms with van der Waals surface area (Å²) in [7, 11) is -2.56. The summed E-state index contributed by atoms with van der Waals surface area (Å²) < 4.78 is 35.3. The van der Waals surface area contributed by atoms with Gasteiger partial charge in [0.1, 0.15) is 15.4 Å². The molecule has 0 amide bonds. The van der Waals surface area contributed by atoms with E-state index in [0.29, 0.717) is 6.54 Å². The zero-order valence-corrected chi connectivity index (χ0v) is 13.8. The highest BCUT2D eigenvalue weighted by atomic mass is 32.2. The number of carbonyl (C=O) groups is 1. The molecule has 0 spiro atoms. The first-order valence-electron chi connectivity index (χ1n) is 6.67. The number of carbonyl (C=O) groups excluding carboxylic acids is 1. The number of ether oxygens (including phenoxy) is 1. The molecule has 0 radical (unpaired) electrons. The zero-order valence-electron chi connectivity index (χ0n) is 12.2. The lowest BCUT2D eigenvalue weighted by atomic mass is 10.5. The Balaban J connectivity index is 1.71. The van der Waals surface area contributed by atoms with Crippen molar-refractivity contribution >= 4 is 33.0 Å². The molecule has 3 heterocycles. The highest BCUT2D eigenvalue weighted by Crippen LogP contribution is 2.22. The summed E-state index contributed by atoms with van der Waals surface area (Å²) in [5.41, 5.74) is 0.870. The summed E-state index contributed by atoms with van der Waals surface area (Å²) in [5, 5.41) is 5.63. The molecule has 23 heavy (non-hydrogen) atoms. The van der Waals surface area contributed by atoms with Crippen LogP contribution in [0.1, 0.15) is 9.67 Å². The van der Waals surface area contributed by atoms with Gasteiger partial charge >= 0.3 is 5.97 Å². The van der Waals surface area contributed by atoms with Crippen LogP contribution in [0.5, 0.6) is 0 Å². The number of fused-ring (bicyclic) bond motifs is 1. The number of esters is 1. The molecule has 122 valence electrons. The number of thiophene rings is 1. The van der Waals surface area contributed by atoms with Gasteiger partial charge in [0.25, 0.3) is 0 Å². The Hall–Kier alpha value is -2.17. The standard InChI is InChI=1S/C13H14N4O4S2/c1-21-13(18)12-10(3-9-22-12)23(19,20)15-5-6-16-7-8-17-11(16)2-4-14-17/h2-4,7-9,15H,5-6H2,1H3. The van der Waals surface area contributed by atoms with Gasteiger partial charge in [-0.2, -0.15) is 5.10 Å². The topological polar surface area (TPSA) is 94.7 Å². The van der Waals surface area contributed by atoms with Gasteiger partial charge in [0.05, 0.1) is 13.3 Å². The Labute approximate surface area is 136 Å². The molecule has 0 atom stereocenters. The minimum Gasteiger partial charge on any atom is -0.465 e. The van der Waals surface area contributed by atoms with Gasteiger partial charge in [-0.1, -0.05) is 0 Å². The molecular formula is C13H14N4O4S2. The number of nitrogens with one attached hydrogen (secondary N) is 1. The van der Waals surface area contributed by atoms with Crippen LogP contribution in [0, 0.1) is 0 Å². The van der Waals surface area contributed by atoms with Crippen molar-refractivity contribution in [1.82, 2.24) is 18.9 Å². The molecule has 3 aromatic rings. The third kappa shape index (κ3) is 3.00. The predicted octanol–water partition coefficient (Wildman–Crippen LogP) is 0.962. The highest BCUT2D eigenvalue weighted by Gasteiger charge is 2.24. The minimum absolute atomic E-state index is 0.0589. The smallest absolute Gasteiger partial charge is 0.349 e. The van der Waals surface area contributed by atoms with Crippen molar-refractivity contribution in [1.29, 1.82) is 0 Å². The molecule has 3 rings (SSSR count). The number of hydrogen-bond donors (Lipinski definition) is 1. The number of rotatable bonds is 6. The molecule has 0 aliphatic rings. The van der Waals surface area contributed by atoms with Crippen LogP contribution in [0.15, 0.2) is 41.0 Å². The van der Waals surface area contributed by atoms with Crippen LogP contribution in [0.3, 0.4) is 0 Å². The lowest BCUT2D eigenvalue weighted by Crippen LogP contribution is -2.28. The van der Waals surface area contributed by atoms with E-state index >= 15 is 0 Å². The summed E-state index contributed by atoms with van der Waals surface area (Å²) in [6, 6.07) is 3.23. The molecular weight excluding hydrogens is 340 g/mol. The van der Waals surface area contributed by atoms with Gasteiger partial charge < -0.3 is 9.30 Å². The Morgan fingerprint density at radius 2 is 2.22 bits per heavy atom. The molecule has 0 aromatic carbocycles. The Kier molecular flexibility index (Phi) is 4.20. The summed E-state index contributed by atoms with van der Waals surface area (Å²) >= 11 is 1.03. The zero-order chi connectivity index (χ0) is 16.4. The molecule has 8 nitrogen and oxygen atoms in total. The molecule has 0 aliphatic heterocycles. The summed E-state index contributed by atoms with van der Waals surface area (Å²) in [5.74, 6) is -0.660. The molecule has 0 bridgehead atoms. The molecule has 0 saturated carbocycles. The van der Waals surface area contributed by atoms with E-state index in [0.717, 1.165) is 17.0 Å². The largest absolute Gasteiger partial charge is 0.465 e. The fourth-order valence-electron chi connectivity index (χ4n) is 2.19. The van der Waals surface area contributed by atoms with Crippen molar-refractivity contribution in [3.63, 3.8) is 0 Å². The molecule has 0 aliphatic carbocycles. The summed E-state index contributed by atoms with van der Waals surface area (Å²) in [6.45, 7) is 0.632. The highest BCUT2D eigenvalue weighted by molar-refractivity contribution is 7.89. The molecule has 1 N–H and O–H groups in total. The average Bonchev–Trinajstić information content (AvgIpc) is 3.23. The quantitative estimate of drug-likeness (QED) is 0.666. The molecule has 0 fully saturated rings. The van der Waals surface area contributed by atoms with Crippen LogP contribution in [0.4, 0.5) is 0 Å². The van der Waals surface area contributed by atoms with Crippen LogP contribution < -0.4 is 4.72 Å². The second-order valence-corrected chi connectivity index (χ2v) is 7.28. The van der Waals surface area contributed by atoms with E-state index < -0.39 is 16.0 Å². The van der Waals surface area contributed by atoms with Crippen LogP contribution in [-0.4, -0.2) is 42.2 Å². The van der Waals surface area contributed by atoms with Gasteiger partial charge in [-0.3, -0.25) is 0 Å². The van der Waals surface area contributed by atoms with Gasteiger partial charge in [0.15, 0.2) is 0 Å². The van der Waals surface area contributed by atoms with E-state index in [1.807, 2.05) is 16.8 Å². The fourth-order valence-corrected chi connectivity index (χ4v) is 4.54. The first-order chi connectivity index (χ1) is 11.0. The van der Waals surface area contributed by atoms with Crippen molar-refractivity contribution in [2.75, 3.05) is 13.7 Å². The van der Waals surface area contributed by atoms with Gasteiger partial charge in [-0.15, -0.1) is 11.3 Å². The summed E-state index contributed by atoms with van der Waals surface area (Å²) in [4.78, 5) is 11.6. The second-order valence-electron chi connectivity index (χ2n) is 4.63. The predicted molar refractivity (Wildman–Crippen MR) is 84.0 cm³/mol. The van der Waals surface area contributed by atoms with Crippen molar-refractivity contribution in [2.24, 2.45) is 0 Å². The third-order valence-electron chi connectivity index (χ3n) is 3.27. The number of imidazole rings is 1. The van der Waals surface area contributed by atoms with Crippen LogP contribution in [0.2, 0.25) is 0 Å². The van der Waals surface area contributed by atoms with Gasteiger partial charge in [-0.25, -0.2) is 22.4 Å². The molecule has 3 aromatic heterocycles. The second kappa shape index (κ2) is 6.14. The maximum atomic E-state index is 12.3. The lowest BCUT2D eigenvalue weighted by Gasteiger charge is -2.08. The minimum atomic E-state index is -3.77. The van der Waals surface area contributed by atoms with Gasteiger partial charge in [-0.05, 0) is 11.4 Å². The van der Waals surface area contributed by atoms with Crippen molar-refractivity contribution in [2.45, 2.75) is 11.4 Å². The first kappa shape index (κ1) is 15.7. The van der Waals surface area contributed by atoms with Crippen molar-refractivity contribution in [3.05, 3.63) is 41.0 Å². The Morgan fingerprint density at radius 3 is 3.00 bits per heavy atom. The van der Waals surface area contributed by atoms with Gasteiger partial charge in [0, 0.05) is 31.5 Å². The summed E-state index contributed by atoms with van der Waals surface area (Å²) in [6.07, 6.45) is 5.28. The maximum Gasteiger partial charge on any atom is 0.349 e. The van der Waals surface area contributed by atoms with E-state index in [2.05, 4.69) is 14.6 Å². The maximum absolute atomic E-state index is 12.3.